The Morgan fingerprint density at radius 3 is 3.00 bits per heavy atom. The van der Waals surface area contributed by atoms with Gasteiger partial charge in [-0.3, -0.25) is 4.79 Å². The summed E-state index contributed by atoms with van der Waals surface area (Å²) in [5, 5.41) is 4.19. The number of rotatable bonds is 4. The van der Waals surface area contributed by atoms with Crippen molar-refractivity contribution in [3.05, 3.63) is 30.0 Å². The highest BCUT2D eigenvalue weighted by Crippen LogP contribution is 2.30. The molecule has 2 saturated heterocycles. The summed E-state index contributed by atoms with van der Waals surface area (Å²) in [6, 6.07) is 8.39. The molecule has 2 atom stereocenters. The zero-order valence-corrected chi connectivity index (χ0v) is 14.9. The average Bonchev–Trinajstić information content (AvgIpc) is 3.09. The Bertz CT molecular complexity index is 752. The molecule has 5 nitrogen and oxygen atoms in total. The Morgan fingerprint density at radius 2 is 2.12 bits per heavy atom. The first-order valence-corrected chi connectivity index (χ1v) is 9.43. The first-order valence-electron chi connectivity index (χ1n) is 9.43. The highest BCUT2D eigenvalue weighted by molar-refractivity contribution is 5.98. The molecule has 2 N–H and O–H groups in total. The second-order valence-electron chi connectivity index (χ2n) is 7.35. The number of hydrogen-bond acceptors (Lipinski definition) is 3. The monoisotopic (exact) mass is 341 g/mol. The van der Waals surface area contributed by atoms with Crippen LogP contribution in [0.5, 0.6) is 5.75 Å². The Kier molecular flexibility index (Phi) is 4.66. The first kappa shape index (κ1) is 16.5. The predicted molar refractivity (Wildman–Crippen MR) is 99.1 cm³/mol. The van der Waals surface area contributed by atoms with Gasteiger partial charge >= 0.3 is 0 Å². The molecule has 5 heteroatoms. The smallest absolute Gasteiger partial charge is 0.267 e. The van der Waals surface area contributed by atoms with Crippen LogP contribution in [0.15, 0.2) is 24.3 Å². The van der Waals surface area contributed by atoms with Gasteiger partial charge in [-0.15, -0.1) is 0 Å². The van der Waals surface area contributed by atoms with E-state index >= 15 is 0 Å². The number of aromatic amines is 1. The summed E-state index contributed by atoms with van der Waals surface area (Å²) in [5.41, 5.74) is 1.56. The van der Waals surface area contributed by atoms with Gasteiger partial charge in [-0.25, -0.2) is 0 Å². The summed E-state index contributed by atoms with van der Waals surface area (Å²) < 4.78 is 5.24. The number of aromatic nitrogens is 1. The van der Waals surface area contributed by atoms with E-state index < -0.39 is 0 Å². The van der Waals surface area contributed by atoms with E-state index in [1.54, 1.807) is 7.11 Å². The van der Waals surface area contributed by atoms with Crippen molar-refractivity contribution >= 4 is 16.8 Å². The number of benzene rings is 1. The molecule has 0 bridgehead atoms. The van der Waals surface area contributed by atoms with Crippen LogP contribution in [-0.4, -0.2) is 48.6 Å². The lowest BCUT2D eigenvalue weighted by molar-refractivity contribution is 0.0575. The van der Waals surface area contributed by atoms with Crippen molar-refractivity contribution in [2.45, 2.75) is 38.1 Å². The summed E-state index contributed by atoms with van der Waals surface area (Å²) in [6.07, 6.45) is 6.42. The number of methoxy groups -OCH3 is 1. The lowest BCUT2D eigenvalue weighted by Gasteiger charge is -2.44. The summed E-state index contributed by atoms with van der Waals surface area (Å²) in [5.74, 6) is 1.37. The average molecular weight is 341 g/mol. The highest BCUT2D eigenvalue weighted by atomic mass is 16.5. The third-order valence-corrected chi connectivity index (χ3v) is 5.83. The van der Waals surface area contributed by atoms with E-state index in [4.69, 9.17) is 4.74 Å². The second-order valence-corrected chi connectivity index (χ2v) is 7.35. The van der Waals surface area contributed by atoms with Crippen molar-refractivity contribution in [1.82, 2.24) is 15.2 Å². The van der Waals surface area contributed by atoms with Crippen LogP contribution in [0.1, 0.15) is 42.6 Å². The molecule has 0 saturated carbocycles. The molecule has 2 aliphatic rings. The number of carbonyl (C=O) groups excluding carboxylic acids is 1. The molecule has 4 rings (SSSR count). The summed E-state index contributed by atoms with van der Waals surface area (Å²) in [6.45, 7) is 3.25. The van der Waals surface area contributed by atoms with E-state index in [0.29, 0.717) is 17.7 Å². The predicted octanol–water partition coefficient (Wildman–Crippen LogP) is 3.17. The van der Waals surface area contributed by atoms with Crippen LogP contribution in [0, 0.1) is 5.92 Å². The Hall–Kier alpha value is -2.01. The molecule has 0 spiro atoms. The number of amides is 1. The van der Waals surface area contributed by atoms with Gasteiger partial charge in [-0.05, 0) is 62.9 Å². The van der Waals surface area contributed by atoms with Crippen LogP contribution in [-0.2, 0) is 0 Å². The van der Waals surface area contributed by atoms with Gasteiger partial charge in [0.15, 0.2) is 0 Å². The first-order chi connectivity index (χ1) is 12.2. The van der Waals surface area contributed by atoms with Crippen LogP contribution in [0.3, 0.4) is 0 Å². The van der Waals surface area contributed by atoms with Gasteiger partial charge in [0.1, 0.15) is 11.4 Å². The third-order valence-electron chi connectivity index (χ3n) is 5.83. The number of nitrogens with zero attached hydrogens (tertiary/aromatic N) is 1. The van der Waals surface area contributed by atoms with Crippen LogP contribution >= 0.6 is 0 Å². The van der Waals surface area contributed by atoms with E-state index in [0.717, 1.165) is 23.2 Å². The van der Waals surface area contributed by atoms with Gasteiger partial charge in [0, 0.05) is 29.6 Å². The van der Waals surface area contributed by atoms with Crippen LogP contribution in [0.4, 0.5) is 0 Å². The number of nitrogens with one attached hydrogen (secondary N) is 2. The molecule has 2 aliphatic heterocycles. The van der Waals surface area contributed by atoms with Crippen LogP contribution in [0.25, 0.3) is 10.9 Å². The van der Waals surface area contributed by atoms with Gasteiger partial charge in [0.2, 0.25) is 0 Å². The minimum absolute atomic E-state index is 0.0110. The van der Waals surface area contributed by atoms with Crippen molar-refractivity contribution in [2.24, 2.45) is 5.92 Å². The van der Waals surface area contributed by atoms with E-state index in [1.807, 2.05) is 24.3 Å². The molecule has 134 valence electrons. The summed E-state index contributed by atoms with van der Waals surface area (Å²) in [7, 11) is 1.65. The van der Waals surface area contributed by atoms with Crippen LogP contribution in [0.2, 0.25) is 0 Å². The topological polar surface area (TPSA) is 57.4 Å². The van der Waals surface area contributed by atoms with Crippen molar-refractivity contribution in [3.8, 4) is 5.75 Å². The Labute approximate surface area is 148 Å². The van der Waals surface area contributed by atoms with Crippen molar-refractivity contribution < 1.29 is 9.53 Å². The number of carbonyl (C=O) groups is 1. The maximum absolute atomic E-state index is 12.6. The molecular formula is C20H27N3O2. The molecule has 1 aromatic carbocycles. The lowest BCUT2D eigenvalue weighted by atomic mass is 9.83. The normalized spacial score (nSPS) is 24.0. The fourth-order valence-corrected chi connectivity index (χ4v) is 4.49. The van der Waals surface area contributed by atoms with Gasteiger partial charge in [0.25, 0.3) is 5.91 Å². The van der Waals surface area contributed by atoms with Gasteiger partial charge in [0.05, 0.1) is 7.11 Å². The van der Waals surface area contributed by atoms with E-state index in [-0.39, 0.29) is 5.91 Å². The third kappa shape index (κ3) is 3.38. The molecule has 1 unspecified atom stereocenters. The largest absolute Gasteiger partial charge is 0.497 e. The summed E-state index contributed by atoms with van der Waals surface area (Å²) >= 11 is 0. The zero-order chi connectivity index (χ0) is 17.2. The number of hydrogen-bond donors (Lipinski definition) is 2. The van der Waals surface area contributed by atoms with Gasteiger partial charge in [-0.1, -0.05) is 6.42 Å². The minimum Gasteiger partial charge on any atom is -0.497 e. The fourth-order valence-electron chi connectivity index (χ4n) is 4.49. The molecule has 0 aliphatic carbocycles. The van der Waals surface area contributed by atoms with Gasteiger partial charge < -0.3 is 19.9 Å². The second kappa shape index (κ2) is 7.08. The number of ether oxygens (including phenoxy) is 1. The maximum atomic E-state index is 12.6. The molecule has 25 heavy (non-hydrogen) atoms. The molecule has 0 radical (unpaired) electrons. The zero-order valence-electron chi connectivity index (χ0n) is 14.9. The molecular weight excluding hydrogens is 314 g/mol. The van der Waals surface area contributed by atoms with Crippen molar-refractivity contribution in [3.63, 3.8) is 0 Å². The number of fused-ring (bicyclic) bond motifs is 2. The Balaban J connectivity index is 1.41. The molecule has 2 aromatic rings. The standard InChI is InChI=1S/C20H27N3O2/c1-25-16-8-7-14-11-18(22-17(14)12-16)20(24)21-13-15-5-4-10-23-9-3-2-6-19(15)23/h7-8,11-12,15,19,22H,2-6,9-10,13H2,1H3,(H,21,24)/t15?,19-/m1/s1. The van der Waals surface area contributed by atoms with E-state index in [9.17, 15) is 4.79 Å². The quantitative estimate of drug-likeness (QED) is 0.898. The summed E-state index contributed by atoms with van der Waals surface area (Å²) in [4.78, 5) is 18.4. The minimum atomic E-state index is -0.0110. The van der Waals surface area contributed by atoms with E-state index in [2.05, 4.69) is 15.2 Å². The fraction of sp³-hybridized carbons (Fsp3) is 0.550. The molecule has 1 amide bonds. The highest BCUT2D eigenvalue weighted by Gasteiger charge is 2.33. The van der Waals surface area contributed by atoms with Crippen molar-refractivity contribution in [1.29, 1.82) is 0 Å². The Morgan fingerprint density at radius 1 is 1.24 bits per heavy atom. The molecule has 2 fully saturated rings. The maximum Gasteiger partial charge on any atom is 0.267 e. The SMILES string of the molecule is COc1ccc2cc(C(=O)NCC3CCCN4CCCC[C@H]34)[nH]c2c1. The van der Waals surface area contributed by atoms with Crippen molar-refractivity contribution in [2.75, 3.05) is 26.7 Å². The molecule has 3 heterocycles. The lowest BCUT2D eigenvalue weighted by Crippen LogP contribution is -2.51. The molecule has 1 aromatic heterocycles. The number of H-pyrrole nitrogens is 1. The van der Waals surface area contributed by atoms with Gasteiger partial charge in [-0.2, -0.15) is 0 Å². The van der Waals surface area contributed by atoms with Crippen LogP contribution < -0.4 is 10.1 Å². The van der Waals surface area contributed by atoms with E-state index in [1.165, 1.54) is 45.2 Å². The number of piperidine rings is 2.